The fourth-order valence-corrected chi connectivity index (χ4v) is 3.21. The molecule has 0 saturated carbocycles. The second-order valence-corrected chi connectivity index (χ2v) is 5.93. The predicted octanol–water partition coefficient (Wildman–Crippen LogP) is 2.46. The van der Waals surface area contributed by atoms with Crippen LogP contribution in [-0.2, 0) is 11.3 Å². The van der Waals surface area contributed by atoms with E-state index in [9.17, 15) is 9.59 Å². The van der Waals surface area contributed by atoms with E-state index < -0.39 is 12.1 Å². The summed E-state index contributed by atoms with van der Waals surface area (Å²) >= 11 is 12.0. The molecule has 0 radical (unpaired) electrons. The lowest BCUT2D eigenvalue weighted by atomic mass is 10.1. The Bertz CT molecular complexity index is 554. The van der Waals surface area contributed by atoms with Crippen LogP contribution in [0.15, 0.2) is 12.1 Å². The smallest absolute Gasteiger partial charge is 0.315 e. The average molecular weight is 330 g/mol. The van der Waals surface area contributed by atoms with E-state index in [2.05, 4.69) is 5.32 Å². The summed E-state index contributed by atoms with van der Waals surface area (Å²) in [7, 11) is 0. The van der Waals surface area contributed by atoms with Gasteiger partial charge in [0.25, 0.3) is 0 Å². The minimum Gasteiger partial charge on any atom is -0.351 e. The zero-order chi connectivity index (χ0) is 15.6. The average Bonchev–Trinajstić information content (AvgIpc) is 2.86. The molecule has 1 atom stereocenters. The van der Waals surface area contributed by atoms with E-state index in [1.54, 1.807) is 12.1 Å². The molecule has 0 unspecified atom stereocenters. The Morgan fingerprint density at radius 1 is 1.43 bits per heavy atom. The number of urea groups is 1. The Balaban J connectivity index is 2.03. The second-order valence-electron chi connectivity index (χ2n) is 5.09. The third-order valence-corrected chi connectivity index (χ3v) is 4.22. The van der Waals surface area contributed by atoms with Gasteiger partial charge in [-0.2, -0.15) is 0 Å². The molecule has 0 spiro atoms. The summed E-state index contributed by atoms with van der Waals surface area (Å²) in [4.78, 5) is 24.9. The van der Waals surface area contributed by atoms with Gasteiger partial charge in [0.15, 0.2) is 0 Å². The minimum absolute atomic E-state index is 0.211. The molecule has 114 valence electrons. The van der Waals surface area contributed by atoms with Gasteiger partial charge < -0.3 is 16.0 Å². The van der Waals surface area contributed by atoms with Crippen LogP contribution in [0.3, 0.4) is 0 Å². The molecule has 1 saturated heterocycles. The highest BCUT2D eigenvalue weighted by Gasteiger charge is 2.32. The molecule has 0 aliphatic carbocycles. The Kier molecular flexibility index (Phi) is 4.96. The first-order valence-electron chi connectivity index (χ1n) is 6.68. The number of likely N-dealkylation sites (tertiary alicyclic amines) is 1. The van der Waals surface area contributed by atoms with Gasteiger partial charge in [-0.25, -0.2) is 4.79 Å². The number of carbonyl (C=O) groups is 2. The number of aryl methyl sites for hydroxylation is 1. The molecular formula is C14H17Cl2N3O2. The van der Waals surface area contributed by atoms with Crippen molar-refractivity contribution < 1.29 is 9.59 Å². The maximum Gasteiger partial charge on any atom is 0.315 e. The van der Waals surface area contributed by atoms with Crippen molar-refractivity contribution in [3.63, 3.8) is 0 Å². The monoisotopic (exact) mass is 329 g/mol. The summed E-state index contributed by atoms with van der Waals surface area (Å²) in [6, 6.07) is 2.38. The zero-order valence-corrected chi connectivity index (χ0v) is 13.2. The van der Waals surface area contributed by atoms with Crippen molar-refractivity contribution in [3.8, 4) is 0 Å². The summed E-state index contributed by atoms with van der Waals surface area (Å²) in [6.07, 6.45) is 1.41. The standard InChI is InChI=1S/C14H17Cl2N3O2/c1-8-5-9(15)6-11(16)10(8)7-18-13(20)12-3-2-4-19(12)14(17)21/h5-6,12H,2-4,7H2,1H3,(H2,17,21)(H,18,20)/t12-/m0/s1. The van der Waals surface area contributed by atoms with Gasteiger partial charge >= 0.3 is 6.03 Å². The first-order valence-corrected chi connectivity index (χ1v) is 7.44. The molecular weight excluding hydrogens is 313 g/mol. The Morgan fingerprint density at radius 3 is 2.76 bits per heavy atom. The molecule has 5 nitrogen and oxygen atoms in total. The maximum absolute atomic E-state index is 12.2. The summed E-state index contributed by atoms with van der Waals surface area (Å²) in [5.41, 5.74) is 7.00. The molecule has 21 heavy (non-hydrogen) atoms. The number of amides is 3. The van der Waals surface area contributed by atoms with Crippen molar-refractivity contribution >= 4 is 35.1 Å². The van der Waals surface area contributed by atoms with Crippen LogP contribution in [0.1, 0.15) is 24.0 Å². The zero-order valence-electron chi connectivity index (χ0n) is 11.7. The topological polar surface area (TPSA) is 75.4 Å². The van der Waals surface area contributed by atoms with Crippen molar-refractivity contribution in [2.75, 3.05) is 6.54 Å². The number of rotatable bonds is 3. The van der Waals surface area contributed by atoms with Crippen molar-refractivity contribution in [1.29, 1.82) is 0 Å². The summed E-state index contributed by atoms with van der Waals surface area (Å²) in [6.45, 7) is 2.70. The fraction of sp³-hybridized carbons (Fsp3) is 0.429. The highest BCUT2D eigenvalue weighted by molar-refractivity contribution is 6.35. The van der Waals surface area contributed by atoms with Crippen LogP contribution in [0, 0.1) is 6.92 Å². The van der Waals surface area contributed by atoms with Crippen LogP contribution < -0.4 is 11.1 Å². The lowest BCUT2D eigenvalue weighted by Crippen LogP contribution is -2.47. The van der Waals surface area contributed by atoms with Gasteiger partial charge in [0.2, 0.25) is 5.91 Å². The van der Waals surface area contributed by atoms with Gasteiger partial charge in [0.05, 0.1) is 0 Å². The van der Waals surface area contributed by atoms with Gasteiger partial charge in [-0.05, 0) is 43.0 Å². The van der Waals surface area contributed by atoms with E-state index in [-0.39, 0.29) is 5.91 Å². The van der Waals surface area contributed by atoms with Crippen molar-refractivity contribution in [2.24, 2.45) is 5.73 Å². The van der Waals surface area contributed by atoms with Gasteiger partial charge in [-0.15, -0.1) is 0 Å². The van der Waals surface area contributed by atoms with E-state index in [0.717, 1.165) is 17.5 Å². The van der Waals surface area contributed by atoms with Crippen LogP contribution in [0.4, 0.5) is 4.79 Å². The SMILES string of the molecule is Cc1cc(Cl)cc(Cl)c1CNC(=O)[C@@H]1CCCN1C(N)=O. The molecule has 0 aromatic heterocycles. The van der Waals surface area contributed by atoms with Crippen LogP contribution in [-0.4, -0.2) is 29.4 Å². The number of hydrogen-bond acceptors (Lipinski definition) is 2. The third-order valence-electron chi connectivity index (χ3n) is 3.66. The normalized spacial score (nSPS) is 17.9. The number of halogens is 2. The summed E-state index contributed by atoms with van der Waals surface area (Å²) in [5.74, 6) is -0.211. The molecule has 1 aliphatic heterocycles. The van der Waals surface area contributed by atoms with E-state index in [1.807, 2.05) is 6.92 Å². The first kappa shape index (κ1) is 15.9. The largest absolute Gasteiger partial charge is 0.351 e. The quantitative estimate of drug-likeness (QED) is 0.893. The van der Waals surface area contributed by atoms with Crippen molar-refractivity contribution in [1.82, 2.24) is 10.2 Å². The molecule has 1 aromatic carbocycles. The Hall–Kier alpha value is -1.46. The molecule has 1 fully saturated rings. The number of benzene rings is 1. The van der Waals surface area contributed by atoms with Crippen LogP contribution in [0.2, 0.25) is 10.0 Å². The predicted molar refractivity (Wildman–Crippen MR) is 82.4 cm³/mol. The lowest BCUT2D eigenvalue weighted by Gasteiger charge is -2.22. The highest BCUT2D eigenvalue weighted by Crippen LogP contribution is 2.25. The lowest BCUT2D eigenvalue weighted by molar-refractivity contribution is -0.124. The molecule has 0 bridgehead atoms. The molecule has 3 N–H and O–H groups in total. The number of nitrogens with zero attached hydrogens (tertiary/aromatic N) is 1. The van der Waals surface area contributed by atoms with Gasteiger partial charge in [-0.1, -0.05) is 23.2 Å². The van der Waals surface area contributed by atoms with Crippen LogP contribution in [0.25, 0.3) is 0 Å². The minimum atomic E-state index is -0.562. The molecule has 2 rings (SSSR count). The molecule has 1 aliphatic rings. The van der Waals surface area contributed by atoms with E-state index in [0.29, 0.717) is 29.6 Å². The molecule has 1 aromatic rings. The number of carbonyl (C=O) groups excluding carboxylic acids is 2. The summed E-state index contributed by atoms with van der Waals surface area (Å²) < 4.78 is 0. The first-order chi connectivity index (χ1) is 9.90. The van der Waals surface area contributed by atoms with E-state index in [4.69, 9.17) is 28.9 Å². The van der Waals surface area contributed by atoms with Crippen LogP contribution >= 0.6 is 23.2 Å². The van der Waals surface area contributed by atoms with E-state index >= 15 is 0 Å². The third kappa shape index (κ3) is 3.60. The second kappa shape index (κ2) is 6.54. The number of hydrogen-bond donors (Lipinski definition) is 2. The summed E-state index contributed by atoms with van der Waals surface area (Å²) in [5, 5.41) is 3.88. The van der Waals surface area contributed by atoms with Crippen LogP contribution in [0.5, 0.6) is 0 Å². The van der Waals surface area contributed by atoms with E-state index in [1.165, 1.54) is 4.90 Å². The van der Waals surface area contributed by atoms with Crippen molar-refractivity contribution in [2.45, 2.75) is 32.4 Å². The number of nitrogens with one attached hydrogen (secondary N) is 1. The maximum atomic E-state index is 12.2. The number of primary amides is 1. The molecule has 3 amide bonds. The fourth-order valence-electron chi connectivity index (χ4n) is 2.55. The van der Waals surface area contributed by atoms with Crippen molar-refractivity contribution in [3.05, 3.63) is 33.3 Å². The Morgan fingerprint density at radius 2 is 2.14 bits per heavy atom. The van der Waals surface area contributed by atoms with Gasteiger partial charge in [0, 0.05) is 23.1 Å². The Labute approximate surface area is 133 Å². The number of nitrogens with two attached hydrogens (primary N) is 1. The molecule has 1 heterocycles. The highest BCUT2D eigenvalue weighted by atomic mass is 35.5. The molecule has 7 heteroatoms. The van der Waals surface area contributed by atoms with Gasteiger partial charge in [-0.3, -0.25) is 4.79 Å². The van der Waals surface area contributed by atoms with Gasteiger partial charge in [0.1, 0.15) is 6.04 Å².